The van der Waals surface area contributed by atoms with Gasteiger partial charge in [-0.2, -0.15) is 0 Å². The van der Waals surface area contributed by atoms with Crippen LogP contribution in [-0.4, -0.2) is 30.7 Å². The minimum absolute atomic E-state index is 0. The van der Waals surface area contributed by atoms with Gasteiger partial charge in [-0.25, -0.2) is 4.79 Å². The van der Waals surface area contributed by atoms with Crippen LogP contribution >= 0.6 is 12.4 Å². The van der Waals surface area contributed by atoms with Crippen molar-refractivity contribution < 1.29 is 15.0 Å². The smallest absolute Gasteiger partial charge is 0.345 e. The normalized spacial score (nSPS) is 10.8. The Bertz CT molecular complexity index is 1360. The predicted octanol–water partition coefficient (Wildman–Crippen LogP) is 3.61. The molecule has 0 bridgehead atoms. The van der Waals surface area contributed by atoms with Crippen LogP contribution in [0.2, 0.25) is 0 Å². The number of carboxylic acid groups (broad SMARTS) is 1. The van der Waals surface area contributed by atoms with Crippen LogP contribution < -0.4 is 10.9 Å². The number of carbonyl (C=O) groups is 1. The van der Waals surface area contributed by atoms with Crippen molar-refractivity contribution in [3.05, 3.63) is 81.5 Å². The first-order valence-corrected chi connectivity index (χ1v) is 10.3. The minimum Gasteiger partial charge on any atom is -0.506 e. The Kier molecular flexibility index (Phi) is 7.20. The molecule has 3 aromatic heterocycles. The Morgan fingerprint density at radius 1 is 1.15 bits per heavy atom. The SMILES string of the molecule is CCc1c(-c2ccc3c(c2)cc(CNCc2ccncc2)n3C)[nH]c(=O)c(C(=O)O)c1O.Cl. The van der Waals surface area contributed by atoms with E-state index in [9.17, 15) is 19.8 Å². The molecular weight excluding hydrogens is 444 g/mol. The van der Waals surface area contributed by atoms with Crippen LogP contribution in [0.3, 0.4) is 0 Å². The van der Waals surface area contributed by atoms with Gasteiger partial charge in [-0.05, 0) is 47.9 Å². The summed E-state index contributed by atoms with van der Waals surface area (Å²) in [7, 11) is 2.00. The quantitative estimate of drug-likeness (QED) is 0.329. The van der Waals surface area contributed by atoms with Crippen molar-refractivity contribution in [2.75, 3.05) is 0 Å². The van der Waals surface area contributed by atoms with E-state index in [0.29, 0.717) is 29.8 Å². The number of aromatic nitrogens is 3. The third-order valence-electron chi connectivity index (χ3n) is 5.67. The minimum atomic E-state index is -1.45. The van der Waals surface area contributed by atoms with Crippen molar-refractivity contribution in [3.63, 3.8) is 0 Å². The first-order valence-electron chi connectivity index (χ1n) is 10.3. The molecule has 172 valence electrons. The lowest BCUT2D eigenvalue weighted by molar-refractivity contribution is 0.0691. The fourth-order valence-corrected chi connectivity index (χ4v) is 3.98. The summed E-state index contributed by atoms with van der Waals surface area (Å²) in [5.74, 6) is -1.93. The van der Waals surface area contributed by atoms with Crippen molar-refractivity contribution in [2.24, 2.45) is 7.05 Å². The second-order valence-corrected chi connectivity index (χ2v) is 7.62. The Labute approximate surface area is 196 Å². The van der Waals surface area contributed by atoms with Gasteiger partial charge in [-0.15, -0.1) is 12.4 Å². The largest absolute Gasteiger partial charge is 0.506 e. The highest BCUT2D eigenvalue weighted by molar-refractivity contribution is 5.92. The Morgan fingerprint density at radius 3 is 2.55 bits per heavy atom. The van der Waals surface area contributed by atoms with E-state index in [1.165, 1.54) is 0 Å². The molecule has 3 heterocycles. The van der Waals surface area contributed by atoms with E-state index in [2.05, 4.69) is 25.9 Å². The van der Waals surface area contributed by atoms with Gasteiger partial charge >= 0.3 is 5.97 Å². The van der Waals surface area contributed by atoms with Crippen molar-refractivity contribution >= 4 is 29.3 Å². The molecule has 0 aliphatic heterocycles. The monoisotopic (exact) mass is 468 g/mol. The Balaban J connectivity index is 0.00000306. The van der Waals surface area contributed by atoms with Crippen LogP contribution in [0.15, 0.2) is 53.6 Å². The molecule has 33 heavy (non-hydrogen) atoms. The van der Waals surface area contributed by atoms with E-state index in [-0.39, 0.29) is 12.4 Å². The van der Waals surface area contributed by atoms with Gasteiger partial charge in [0, 0.05) is 54.7 Å². The van der Waals surface area contributed by atoms with Gasteiger partial charge in [0.05, 0.1) is 5.69 Å². The highest BCUT2D eigenvalue weighted by Gasteiger charge is 2.22. The number of pyridine rings is 2. The molecule has 8 nitrogen and oxygen atoms in total. The van der Waals surface area contributed by atoms with Gasteiger partial charge in [-0.3, -0.25) is 9.78 Å². The molecule has 9 heteroatoms. The van der Waals surface area contributed by atoms with Crippen LogP contribution in [0, 0.1) is 0 Å². The summed E-state index contributed by atoms with van der Waals surface area (Å²) in [5, 5.41) is 24.1. The molecule has 0 atom stereocenters. The number of fused-ring (bicyclic) bond motifs is 1. The molecule has 4 aromatic rings. The van der Waals surface area contributed by atoms with E-state index >= 15 is 0 Å². The first kappa shape index (κ1) is 24.0. The number of aromatic hydroxyl groups is 1. The fourth-order valence-electron chi connectivity index (χ4n) is 3.98. The molecule has 0 saturated heterocycles. The number of halogens is 1. The lowest BCUT2D eigenvalue weighted by Crippen LogP contribution is -2.20. The summed E-state index contributed by atoms with van der Waals surface area (Å²) in [4.78, 5) is 30.3. The van der Waals surface area contributed by atoms with E-state index in [0.717, 1.165) is 28.7 Å². The molecule has 0 spiro atoms. The summed E-state index contributed by atoms with van der Waals surface area (Å²) >= 11 is 0. The van der Waals surface area contributed by atoms with Crippen molar-refractivity contribution in [1.82, 2.24) is 19.9 Å². The Hall–Kier alpha value is -3.62. The van der Waals surface area contributed by atoms with Crippen molar-refractivity contribution in [1.29, 1.82) is 0 Å². The molecule has 0 aliphatic rings. The molecule has 4 N–H and O–H groups in total. The molecule has 0 saturated carbocycles. The van der Waals surface area contributed by atoms with E-state index in [1.807, 2.05) is 37.4 Å². The van der Waals surface area contributed by atoms with Gasteiger partial charge in [0.15, 0.2) is 5.56 Å². The number of rotatable bonds is 7. The summed E-state index contributed by atoms with van der Waals surface area (Å²) < 4.78 is 2.10. The van der Waals surface area contributed by atoms with E-state index in [4.69, 9.17) is 0 Å². The molecule has 0 radical (unpaired) electrons. The van der Waals surface area contributed by atoms with E-state index < -0.39 is 22.8 Å². The molecule has 0 fully saturated rings. The molecule has 1 aromatic carbocycles. The second-order valence-electron chi connectivity index (χ2n) is 7.62. The van der Waals surface area contributed by atoms with Crippen LogP contribution in [0.4, 0.5) is 0 Å². The van der Waals surface area contributed by atoms with Crippen molar-refractivity contribution in [3.8, 4) is 17.0 Å². The topological polar surface area (TPSA) is 120 Å². The van der Waals surface area contributed by atoms with Gasteiger partial charge in [0.2, 0.25) is 0 Å². The van der Waals surface area contributed by atoms with Crippen LogP contribution in [-0.2, 0) is 26.6 Å². The van der Waals surface area contributed by atoms with Gasteiger partial charge < -0.3 is 25.1 Å². The van der Waals surface area contributed by atoms with E-state index in [1.54, 1.807) is 19.3 Å². The number of aromatic carboxylic acids is 1. The summed E-state index contributed by atoms with van der Waals surface area (Å²) in [6.45, 7) is 3.20. The van der Waals surface area contributed by atoms with Crippen molar-refractivity contribution in [2.45, 2.75) is 26.4 Å². The summed E-state index contributed by atoms with van der Waals surface area (Å²) in [6.07, 6.45) is 3.91. The predicted molar refractivity (Wildman–Crippen MR) is 129 cm³/mol. The molecule has 4 rings (SSSR count). The number of nitrogens with one attached hydrogen (secondary N) is 2. The Morgan fingerprint density at radius 2 is 1.88 bits per heavy atom. The zero-order valence-corrected chi connectivity index (χ0v) is 19.1. The third-order valence-corrected chi connectivity index (χ3v) is 5.67. The standard InChI is InChI=1S/C24H24N4O4.ClH/c1-3-18-21(27-23(30)20(22(18)29)24(31)32)15-4-5-19-16(10-15)11-17(28(19)2)13-26-12-14-6-8-25-9-7-14;/h4-11,26H,3,12-13H2,1-2H3,(H,31,32)(H2,27,29,30);1H. The lowest BCUT2D eigenvalue weighted by Gasteiger charge is -2.12. The number of aryl methyl sites for hydroxylation is 1. The van der Waals surface area contributed by atoms with Crippen LogP contribution in [0.5, 0.6) is 5.75 Å². The second kappa shape index (κ2) is 9.89. The first-order chi connectivity index (χ1) is 15.4. The number of H-pyrrole nitrogens is 1. The maximum atomic E-state index is 12.3. The van der Waals surface area contributed by atoms with Crippen LogP contribution in [0.25, 0.3) is 22.2 Å². The van der Waals surface area contributed by atoms with Gasteiger partial charge in [0.1, 0.15) is 5.75 Å². The molecule has 0 amide bonds. The number of hydrogen-bond acceptors (Lipinski definition) is 5. The third kappa shape index (κ3) is 4.62. The zero-order chi connectivity index (χ0) is 22.8. The van der Waals surface area contributed by atoms with Gasteiger partial charge in [-0.1, -0.05) is 13.0 Å². The number of nitrogens with zero attached hydrogens (tertiary/aromatic N) is 2. The average molecular weight is 469 g/mol. The number of benzene rings is 1. The number of carboxylic acids is 1. The maximum absolute atomic E-state index is 12.3. The lowest BCUT2D eigenvalue weighted by atomic mass is 9.99. The zero-order valence-electron chi connectivity index (χ0n) is 18.3. The fraction of sp³-hybridized carbons (Fsp3) is 0.208. The molecule has 0 aliphatic carbocycles. The van der Waals surface area contributed by atoms with Gasteiger partial charge in [0.25, 0.3) is 5.56 Å². The molecule has 0 unspecified atom stereocenters. The summed E-state index contributed by atoms with van der Waals surface area (Å²) in [5.41, 5.74) is 3.37. The maximum Gasteiger partial charge on any atom is 0.345 e. The number of aromatic amines is 1. The molecular formula is C24H25ClN4O4. The summed E-state index contributed by atoms with van der Waals surface area (Å²) in [6, 6.07) is 11.8. The highest BCUT2D eigenvalue weighted by Crippen LogP contribution is 2.32. The highest BCUT2D eigenvalue weighted by atomic mass is 35.5. The number of hydrogen-bond donors (Lipinski definition) is 4. The average Bonchev–Trinajstić information content (AvgIpc) is 3.08. The van der Waals surface area contributed by atoms with Crippen LogP contribution in [0.1, 0.15) is 34.1 Å².